The van der Waals surface area contributed by atoms with Gasteiger partial charge in [-0.2, -0.15) is 0 Å². The standard InChI is InChI=1S/C13H19NO2/c1-10(14)4-2-6-12(15)8-11-5-3-7-13(16)9-11/h3,5,7,9-10,16H,2,4,6,8,14H2,1H3. The van der Waals surface area contributed by atoms with Crippen LogP contribution in [0.5, 0.6) is 5.75 Å². The van der Waals surface area contributed by atoms with Crippen molar-refractivity contribution >= 4 is 5.78 Å². The summed E-state index contributed by atoms with van der Waals surface area (Å²) >= 11 is 0. The Morgan fingerprint density at radius 3 is 2.88 bits per heavy atom. The summed E-state index contributed by atoms with van der Waals surface area (Å²) in [6.07, 6.45) is 2.69. The predicted molar refractivity (Wildman–Crippen MR) is 64.3 cm³/mol. The molecule has 3 nitrogen and oxygen atoms in total. The largest absolute Gasteiger partial charge is 0.508 e. The van der Waals surface area contributed by atoms with E-state index in [1.54, 1.807) is 18.2 Å². The highest BCUT2D eigenvalue weighted by molar-refractivity contribution is 5.80. The number of nitrogens with two attached hydrogens (primary N) is 1. The number of carbonyl (C=O) groups is 1. The summed E-state index contributed by atoms with van der Waals surface area (Å²) in [5.41, 5.74) is 6.47. The third-order valence-electron chi connectivity index (χ3n) is 2.43. The van der Waals surface area contributed by atoms with E-state index in [2.05, 4.69) is 0 Å². The first-order chi connectivity index (χ1) is 7.58. The van der Waals surface area contributed by atoms with Crippen LogP contribution in [0.4, 0.5) is 0 Å². The number of benzene rings is 1. The molecule has 0 radical (unpaired) electrons. The van der Waals surface area contributed by atoms with E-state index in [0.717, 1.165) is 18.4 Å². The molecule has 3 heteroatoms. The first kappa shape index (κ1) is 12.7. The molecular formula is C13H19NO2. The summed E-state index contributed by atoms with van der Waals surface area (Å²) in [7, 11) is 0. The Hall–Kier alpha value is -1.35. The fourth-order valence-electron chi connectivity index (χ4n) is 1.60. The maximum absolute atomic E-state index is 11.6. The highest BCUT2D eigenvalue weighted by atomic mass is 16.3. The van der Waals surface area contributed by atoms with E-state index in [1.165, 1.54) is 0 Å². The predicted octanol–water partition coefficient (Wildman–Crippen LogP) is 2.02. The second-order valence-corrected chi connectivity index (χ2v) is 4.25. The average molecular weight is 221 g/mol. The van der Waals surface area contributed by atoms with E-state index in [0.29, 0.717) is 12.8 Å². The molecule has 0 bridgehead atoms. The summed E-state index contributed by atoms with van der Waals surface area (Å²) in [6.45, 7) is 1.94. The molecule has 1 unspecified atom stereocenters. The summed E-state index contributed by atoms with van der Waals surface area (Å²) in [5.74, 6) is 0.409. The maximum atomic E-state index is 11.6. The number of aromatic hydroxyl groups is 1. The van der Waals surface area contributed by atoms with Gasteiger partial charge in [0.25, 0.3) is 0 Å². The van der Waals surface area contributed by atoms with Gasteiger partial charge in [-0.3, -0.25) is 4.79 Å². The summed E-state index contributed by atoms with van der Waals surface area (Å²) in [6, 6.07) is 6.99. The third kappa shape index (κ3) is 4.94. The van der Waals surface area contributed by atoms with Crippen molar-refractivity contribution in [2.45, 2.75) is 38.6 Å². The number of ketones is 1. The van der Waals surface area contributed by atoms with E-state index >= 15 is 0 Å². The fourth-order valence-corrected chi connectivity index (χ4v) is 1.60. The molecule has 0 aliphatic carbocycles. The van der Waals surface area contributed by atoms with Gasteiger partial charge in [-0.1, -0.05) is 12.1 Å². The minimum atomic E-state index is 0.161. The van der Waals surface area contributed by atoms with Crippen LogP contribution in [0, 0.1) is 0 Å². The van der Waals surface area contributed by atoms with Crippen molar-refractivity contribution in [3.63, 3.8) is 0 Å². The number of Topliss-reactive ketones (excluding diaryl/α,β-unsaturated/α-hetero) is 1. The Kier molecular flexibility index (Phi) is 4.99. The molecule has 1 aromatic rings. The third-order valence-corrected chi connectivity index (χ3v) is 2.43. The van der Waals surface area contributed by atoms with E-state index in [1.807, 2.05) is 13.0 Å². The van der Waals surface area contributed by atoms with Gasteiger partial charge >= 0.3 is 0 Å². The van der Waals surface area contributed by atoms with Crippen molar-refractivity contribution in [2.24, 2.45) is 5.73 Å². The molecular weight excluding hydrogens is 202 g/mol. The molecule has 0 heterocycles. The Morgan fingerprint density at radius 2 is 2.25 bits per heavy atom. The minimum Gasteiger partial charge on any atom is -0.508 e. The molecule has 1 atom stereocenters. The van der Waals surface area contributed by atoms with Crippen molar-refractivity contribution in [3.8, 4) is 5.75 Å². The number of carbonyl (C=O) groups excluding carboxylic acids is 1. The molecule has 0 fully saturated rings. The van der Waals surface area contributed by atoms with Crippen molar-refractivity contribution < 1.29 is 9.90 Å². The number of hydrogen-bond donors (Lipinski definition) is 2. The molecule has 88 valence electrons. The summed E-state index contributed by atoms with van der Waals surface area (Å²) < 4.78 is 0. The highest BCUT2D eigenvalue weighted by Gasteiger charge is 2.05. The molecule has 1 rings (SSSR count). The van der Waals surface area contributed by atoms with Gasteiger partial charge in [-0.25, -0.2) is 0 Å². The maximum Gasteiger partial charge on any atom is 0.137 e. The van der Waals surface area contributed by atoms with Crippen LogP contribution in [-0.4, -0.2) is 16.9 Å². The SMILES string of the molecule is CC(N)CCCC(=O)Cc1cccc(O)c1. The smallest absolute Gasteiger partial charge is 0.137 e. The van der Waals surface area contributed by atoms with Crippen molar-refractivity contribution in [1.29, 1.82) is 0 Å². The molecule has 0 amide bonds. The first-order valence-corrected chi connectivity index (χ1v) is 5.63. The topological polar surface area (TPSA) is 63.3 Å². The molecule has 16 heavy (non-hydrogen) atoms. The number of phenolic OH excluding ortho intramolecular Hbond substituents is 1. The van der Waals surface area contributed by atoms with E-state index in [-0.39, 0.29) is 17.6 Å². The van der Waals surface area contributed by atoms with Gasteiger partial charge in [0.05, 0.1) is 0 Å². The second kappa shape index (κ2) is 6.28. The zero-order chi connectivity index (χ0) is 12.0. The van der Waals surface area contributed by atoms with Crippen LogP contribution in [0.2, 0.25) is 0 Å². The van der Waals surface area contributed by atoms with Crippen molar-refractivity contribution in [3.05, 3.63) is 29.8 Å². The Morgan fingerprint density at radius 1 is 1.50 bits per heavy atom. The van der Waals surface area contributed by atoms with Gasteiger partial charge in [-0.05, 0) is 37.5 Å². The van der Waals surface area contributed by atoms with Crippen molar-refractivity contribution in [2.75, 3.05) is 0 Å². The van der Waals surface area contributed by atoms with Gasteiger partial charge in [-0.15, -0.1) is 0 Å². The lowest BCUT2D eigenvalue weighted by atomic mass is 10.0. The van der Waals surface area contributed by atoms with E-state index < -0.39 is 0 Å². The molecule has 0 saturated carbocycles. The lowest BCUT2D eigenvalue weighted by Gasteiger charge is -2.04. The van der Waals surface area contributed by atoms with Crippen LogP contribution in [-0.2, 0) is 11.2 Å². The quantitative estimate of drug-likeness (QED) is 0.772. The average Bonchev–Trinajstić information content (AvgIpc) is 2.16. The summed E-state index contributed by atoms with van der Waals surface area (Å²) in [5, 5.41) is 9.25. The lowest BCUT2D eigenvalue weighted by Crippen LogP contribution is -2.15. The fraction of sp³-hybridized carbons (Fsp3) is 0.462. The normalized spacial score (nSPS) is 12.4. The number of phenols is 1. The summed E-state index contributed by atoms with van der Waals surface area (Å²) in [4.78, 5) is 11.6. The first-order valence-electron chi connectivity index (χ1n) is 5.63. The zero-order valence-electron chi connectivity index (χ0n) is 9.65. The van der Waals surface area contributed by atoms with E-state index in [4.69, 9.17) is 5.73 Å². The monoisotopic (exact) mass is 221 g/mol. The van der Waals surface area contributed by atoms with Crippen molar-refractivity contribution in [1.82, 2.24) is 0 Å². The Bertz CT molecular complexity index is 348. The van der Waals surface area contributed by atoms with Crippen LogP contribution in [0.15, 0.2) is 24.3 Å². The van der Waals surface area contributed by atoms with Crippen LogP contribution in [0.3, 0.4) is 0 Å². The highest BCUT2D eigenvalue weighted by Crippen LogP contribution is 2.12. The molecule has 0 aliphatic rings. The molecule has 0 spiro atoms. The van der Waals surface area contributed by atoms with E-state index in [9.17, 15) is 9.90 Å². The van der Waals surface area contributed by atoms with Gasteiger partial charge in [0.15, 0.2) is 0 Å². The van der Waals surface area contributed by atoms with Crippen LogP contribution >= 0.6 is 0 Å². The van der Waals surface area contributed by atoms with Gasteiger partial charge in [0.1, 0.15) is 11.5 Å². The lowest BCUT2D eigenvalue weighted by molar-refractivity contribution is -0.118. The molecule has 0 saturated heterocycles. The molecule has 0 aliphatic heterocycles. The Labute approximate surface area is 96.3 Å². The van der Waals surface area contributed by atoms with Gasteiger partial charge < -0.3 is 10.8 Å². The molecule has 3 N–H and O–H groups in total. The van der Waals surface area contributed by atoms with Gasteiger partial charge in [0, 0.05) is 18.9 Å². The van der Waals surface area contributed by atoms with Crippen LogP contribution < -0.4 is 5.73 Å². The number of hydrogen-bond acceptors (Lipinski definition) is 3. The van der Waals surface area contributed by atoms with Gasteiger partial charge in [0.2, 0.25) is 0 Å². The Balaban J connectivity index is 2.34. The van der Waals surface area contributed by atoms with Crippen LogP contribution in [0.25, 0.3) is 0 Å². The minimum absolute atomic E-state index is 0.161. The number of rotatable bonds is 6. The second-order valence-electron chi connectivity index (χ2n) is 4.25. The molecule has 0 aromatic heterocycles. The van der Waals surface area contributed by atoms with Crippen LogP contribution in [0.1, 0.15) is 31.7 Å². The molecule has 1 aromatic carbocycles. The zero-order valence-corrected chi connectivity index (χ0v) is 9.65.